The minimum absolute atomic E-state index is 0.238. The van der Waals surface area contributed by atoms with E-state index < -0.39 is 88.9 Å². The Kier molecular flexibility index (Phi) is 7.65. The number of aliphatic hydroxyl groups excluding tert-OH is 2. The quantitative estimate of drug-likeness (QED) is 0.113. The van der Waals surface area contributed by atoms with Gasteiger partial charge >= 0.3 is 11.9 Å². The molecule has 12 atom stereocenters. The van der Waals surface area contributed by atoms with Gasteiger partial charge in [-0.15, -0.1) is 0 Å². The fourth-order valence-electron chi connectivity index (χ4n) is 9.24. The van der Waals surface area contributed by atoms with E-state index in [2.05, 4.69) is 13.5 Å². The minimum atomic E-state index is -2.41. The highest BCUT2D eigenvalue weighted by atomic mass is 16.9. The Bertz CT molecular complexity index is 1570. The highest BCUT2D eigenvalue weighted by Crippen LogP contribution is 2.73. The van der Waals surface area contributed by atoms with Crippen molar-refractivity contribution in [2.45, 2.75) is 106 Å². The smallest absolute Gasteiger partial charge is 0.338 e. The van der Waals surface area contributed by atoms with Gasteiger partial charge in [0.2, 0.25) is 0 Å². The molecule has 3 saturated heterocycles. The van der Waals surface area contributed by atoms with E-state index in [0.717, 1.165) is 25.7 Å². The molecule has 7 rings (SSSR count). The maximum absolute atomic E-state index is 13.8. The van der Waals surface area contributed by atoms with Crippen LogP contribution in [0.3, 0.4) is 0 Å². The molecule has 0 radical (unpaired) electrons. The van der Waals surface area contributed by atoms with Crippen molar-refractivity contribution in [1.82, 2.24) is 0 Å². The number of allylic oxidation sites excluding steroid dienone is 3. The summed E-state index contributed by atoms with van der Waals surface area (Å²) in [5.74, 6) is -5.81. The number of ketones is 1. The average molecular weight is 649 g/mol. The highest BCUT2D eigenvalue weighted by molar-refractivity contribution is 6.05. The van der Waals surface area contributed by atoms with Crippen molar-refractivity contribution >= 4 is 11.8 Å². The van der Waals surface area contributed by atoms with Gasteiger partial charge in [0.05, 0.1) is 17.8 Å². The van der Waals surface area contributed by atoms with Crippen LogP contribution in [0.5, 0.6) is 0 Å². The topological polar surface area (TPSA) is 144 Å². The number of hydrogen-bond acceptors (Lipinski definition) is 10. The number of ether oxygens (including phenoxy) is 5. The maximum atomic E-state index is 13.8. The van der Waals surface area contributed by atoms with E-state index in [4.69, 9.17) is 23.7 Å². The van der Waals surface area contributed by atoms with E-state index in [1.807, 2.05) is 19.1 Å². The number of Topliss-reactive ketones (excluding diaryl/α,β-unsaturated/α-hetero) is 1. The van der Waals surface area contributed by atoms with Gasteiger partial charge in [0.25, 0.3) is 0 Å². The second-order valence-corrected chi connectivity index (χ2v) is 14.1. The van der Waals surface area contributed by atoms with Crippen molar-refractivity contribution in [1.29, 1.82) is 0 Å². The summed E-state index contributed by atoms with van der Waals surface area (Å²) in [6, 6.07) is 8.57. The molecule has 3 bridgehead atoms. The Morgan fingerprint density at radius 2 is 1.85 bits per heavy atom. The third-order valence-electron chi connectivity index (χ3n) is 11.5. The monoisotopic (exact) mass is 648 g/mol. The normalized spacial score (nSPS) is 45.8. The lowest BCUT2D eigenvalue weighted by Gasteiger charge is -2.61. The maximum Gasteiger partial charge on any atom is 0.338 e. The first-order valence-corrected chi connectivity index (χ1v) is 16.7. The molecule has 10 heteroatoms. The molecule has 0 amide bonds. The average Bonchev–Trinajstić information content (AvgIpc) is 3.69. The Hall–Kier alpha value is -2.96. The first-order valence-electron chi connectivity index (χ1n) is 16.7. The number of carbonyl (C=O) groups excluding carboxylic acids is 2. The number of hydrogen-bond donors (Lipinski definition) is 3. The third kappa shape index (κ3) is 4.16. The molecule has 3 aliphatic heterocycles. The van der Waals surface area contributed by atoms with Crippen LogP contribution in [0, 0.1) is 17.8 Å². The zero-order chi connectivity index (χ0) is 33.6. The summed E-state index contributed by atoms with van der Waals surface area (Å²) in [4.78, 5) is 27.6. The molecule has 2 saturated carbocycles. The summed E-state index contributed by atoms with van der Waals surface area (Å²) >= 11 is 0. The van der Waals surface area contributed by atoms with Crippen LogP contribution in [0.25, 0.3) is 0 Å². The Balaban J connectivity index is 1.41. The summed E-state index contributed by atoms with van der Waals surface area (Å²) < 4.78 is 33.2. The predicted octanol–water partition coefficient (Wildman–Crippen LogP) is 3.70. The lowest BCUT2D eigenvalue weighted by atomic mass is 9.53. The second-order valence-electron chi connectivity index (χ2n) is 14.1. The highest BCUT2D eigenvalue weighted by Gasteiger charge is 2.90. The summed E-state index contributed by atoms with van der Waals surface area (Å²) in [5, 5.41) is 34.9. The minimum Gasteiger partial charge on any atom is -0.455 e. The van der Waals surface area contributed by atoms with Crippen molar-refractivity contribution in [3.63, 3.8) is 0 Å². The van der Waals surface area contributed by atoms with Crippen LogP contribution in [0.15, 0.2) is 78.4 Å². The molecule has 6 aliphatic rings. The molecule has 0 spiro atoms. The van der Waals surface area contributed by atoms with Gasteiger partial charge in [0.1, 0.15) is 30.0 Å². The number of carbonyl (C=O) groups is 2. The summed E-state index contributed by atoms with van der Waals surface area (Å²) in [5.41, 5.74) is -6.01. The molecule has 3 N–H and O–H groups in total. The molecule has 5 fully saturated rings. The zero-order valence-electron chi connectivity index (χ0n) is 27.3. The molecule has 1 aromatic rings. The molecule has 10 nitrogen and oxygen atoms in total. The molecule has 3 aliphatic carbocycles. The van der Waals surface area contributed by atoms with Crippen LogP contribution in [0.1, 0.15) is 63.7 Å². The number of aliphatic hydroxyl groups is 3. The van der Waals surface area contributed by atoms with E-state index in [1.54, 1.807) is 62.4 Å². The first-order chi connectivity index (χ1) is 22.4. The van der Waals surface area contributed by atoms with Crippen LogP contribution in [0.2, 0.25) is 0 Å². The Morgan fingerprint density at radius 3 is 2.53 bits per heavy atom. The molecule has 0 unspecified atom stereocenters. The van der Waals surface area contributed by atoms with E-state index in [-0.39, 0.29) is 5.57 Å². The van der Waals surface area contributed by atoms with Gasteiger partial charge in [-0.25, -0.2) is 4.79 Å². The van der Waals surface area contributed by atoms with E-state index in [1.165, 1.54) is 0 Å². The van der Waals surface area contributed by atoms with E-state index in [9.17, 15) is 24.9 Å². The molecule has 252 valence electrons. The number of unbranched alkanes of at least 4 members (excludes halogenated alkanes) is 3. The van der Waals surface area contributed by atoms with Crippen molar-refractivity contribution in [2.75, 3.05) is 6.61 Å². The second kappa shape index (κ2) is 11.0. The van der Waals surface area contributed by atoms with Crippen molar-refractivity contribution in [2.24, 2.45) is 17.8 Å². The van der Waals surface area contributed by atoms with Gasteiger partial charge in [0, 0.05) is 23.8 Å². The van der Waals surface area contributed by atoms with Crippen LogP contribution in [-0.4, -0.2) is 86.5 Å². The number of rotatable bonds is 10. The number of esters is 1. The van der Waals surface area contributed by atoms with Crippen molar-refractivity contribution < 1.29 is 48.6 Å². The zero-order valence-corrected chi connectivity index (χ0v) is 27.3. The molecule has 1 aromatic carbocycles. The predicted molar refractivity (Wildman–Crippen MR) is 169 cm³/mol. The van der Waals surface area contributed by atoms with Crippen LogP contribution < -0.4 is 0 Å². The van der Waals surface area contributed by atoms with Gasteiger partial charge in [-0.05, 0) is 50.0 Å². The fourth-order valence-corrected chi connectivity index (χ4v) is 9.24. The van der Waals surface area contributed by atoms with Gasteiger partial charge in [-0.2, -0.15) is 0 Å². The van der Waals surface area contributed by atoms with Crippen LogP contribution in [-0.2, 0) is 28.5 Å². The summed E-state index contributed by atoms with van der Waals surface area (Å²) in [6.07, 6.45) is 8.51. The largest absolute Gasteiger partial charge is 0.455 e. The Labute approximate surface area is 274 Å². The summed E-state index contributed by atoms with van der Waals surface area (Å²) in [6.45, 7) is 11.0. The number of fused-ring (bicyclic) bond motifs is 3. The van der Waals surface area contributed by atoms with E-state index in [0.29, 0.717) is 11.1 Å². The standard InChI is InChI=1S/C37H44O10/c1-6-7-8-9-10-11-15-18-34-45-30-26-29-33(20-38,44-29)32(41)35(42)25(19-22(4)27(35)39)37(26,47-34)23(5)28(36(30,46-34)21(2)3)43-31(40)24-16-13-12-14-17-24/h10-19,23,25-26,28-30,32,38,41-42H,2,6-9,20H2,1,3-5H3/b11-10+,18-15+/t23-,25+,26-,28-,29+,30-,32-,33+,34-,35-,36+,37+/m1/s1. The van der Waals surface area contributed by atoms with Gasteiger partial charge in [-0.3, -0.25) is 4.79 Å². The molecular formula is C37H44O10. The van der Waals surface area contributed by atoms with E-state index >= 15 is 0 Å². The number of benzene rings is 1. The molecule has 0 aromatic heterocycles. The van der Waals surface area contributed by atoms with Gasteiger partial charge < -0.3 is 39.0 Å². The van der Waals surface area contributed by atoms with Crippen molar-refractivity contribution in [3.8, 4) is 0 Å². The van der Waals surface area contributed by atoms with Gasteiger partial charge in [0.15, 0.2) is 17.0 Å². The Morgan fingerprint density at radius 1 is 1.11 bits per heavy atom. The van der Waals surface area contributed by atoms with Crippen LogP contribution >= 0.6 is 0 Å². The third-order valence-corrected chi connectivity index (χ3v) is 11.5. The molecule has 3 heterocycles. The number of epoxide rings is 1. The first kappa shape index (κ1) is 32.6. The SMILES string of the molecule is C=C(C)[C@@]12O[C@@]3(/C=C/C=C/CCCCC)O[C@@H]1[C@H]1[C@@H]4O[C@]4(CO)[C@@H](O)[C@]4(O)C(=O)C(C)=C[C@@H]4[C@@]1(O3)[C@H](C)[C@H]2OC(=O)c1ccccc1. The van der Waals surface area contributed by atoms with Crippen LogP contribution in [0.4, 0.5) is 0 Å². The van der Waals surface area contributed by atoms with Crippen molar-refractivity contribution in [3.05, 3.63) is 84.0 Å². The lowest BCUT2D eigenvalue weighted by molar-refractivity contribution is -0.407. The summed E-state index contributed by atoms with van der Waals surface area (Å²) in [7, 11) is 0. The fraction of sp³-hybridized carbons (Fsp3) is 0.568. The van der Waals surface area contributed by atoms with Gasteiger partial charge in [-0.1, -0.05) is 75.8 Å². The molecular weight excluding hydrogens is 604 g/mol. The molecule has 47 heavy (non-hydrogen) atoms. The lowest BCUT2D eigenvalue weighted by Crippen LogP contribution is -2.76.